The molecule has 0 bridgehead atoms. The van der Waals surface area contributed by atoms with Gasteiger partial charge in [-0.25, -0.2) is 4.39 Å². The molecule has 3 nitrogen and oxygen atoms in total. The molecule has 1 N–H and O–H groups in total. The third-order valence-corrected chi connectivity index (χ3v) is 3.13. The smallest absolute Gasteiger partial charge is 0.220 e. The third kappa shape index (κ3) is 4.73. The summed E-state index contributed by atoms with van der Waals surface area (Å²) in [6, 6.07) is 15.3. The summed E-state index contributed by atoms with van der Waals surface area (Å²) in [5, 5.41) is 11.5. The molecule has 2 aromatic rings. The van der Waals surface area contributed by atoms with Crippen LogP contribution in [0.3, 0.4) is 0 Å². The highest BCUT2D eigenvalue weighted by Crippen LogP contribution is 2.06. The largest absolute Gasteiger partial charge is 0.352 e. The minimum absolute atomic E-state index is 0.0521. The molecule has 2 aromatic carbocycles. The molecule has 0 aliphatic rings. The fourth-order valence-corrected chi connectivity index (χ4v) is 1.90. The molecule has 21 heavy (non-hydrogen) atoms. The Balaban J connectivity index is 1.76. The van der Waals surface area contributed by atoms with Gasteiger partial charge in [-0.1, -0.05) is 24.3 Å². The number of benzene rings is 2. The van der Waals surface area contributed by atoms with Crippen LogP contribution in [0.25, 0.3) is 0 Å². The van der Waals surface area contributed by atoms with Gasteiger partial charge < -0.3 is 5.32 Å². The van der Waals surface area contributed by atoms with E-state index in [4.69, 9.17) is 5.26 Å². The second kappa shape index (κ2) is 7.20. The second-order valence-electron chi connectivity index (χ2n) is 4.71. The van der Waals surface area contributed by atoms with Crippen molar-refractivity contribution in [3.63, 3.8) is 0 Å². The summed E-state index contributed by atoms with van der Waals surface area (Å²) in [6.45, 7) is 0.438. The van der Waals surface area contributed by atoms with Crippen LogP contribution >= 0.6 is 0 Å². The molecule has 0 fully saturated rings. The first kappa shape index (κ1) is 14.7. The number of hydrogen-bond donors (Lipinski definition) is 1. The van der Waals surface area contributed by atoms with Crippen LogP contribution in [0.4, 0.5) is 4.39 Å². The molecule has 0 aliphatic carbocycles. The highest BCUT2D eigenvalue weighted by atomic mass is 19.1. The van der Waals surface area contributed by atoms with E-state index in [9.17, 15) is 9.18 Å². The zero-order valence-electron chi connectivity index (χ0n) is 11.5. The van der Waals surface area contributed by atoms with E-state index in [1.165, 1.54) is 12.1 Å². The molecule has 0 atom stereocenters. The van der Waals surface area contributed by atoms with E-state index in [1.54, 1.807) is 24.3 Å². The minimum atomic E-state index is -0.274. The van der Waals surface area contributed by atoms with Crippen molar-refractivity contribution in [1.82, 2.24) is 5.32 Å². The zero-order chi connectivity index (χ0) is 15.1. The second-order valence-corrected chi connectivity index (χ2v) is 4.71. The summed E-state index contributed by atoms with van der Waals surface area (Å²) in [6.07, 6.45) is 0.946. The molecule has 0 radical (unpaired) electrons. The van der Waals surface area contributed by atoms with Gasteiger partial charge in [0.15, 0.2) is 0 Å². The maximum atomic E-state index is 12.7. The quantitative estimate of drug-likeness (QED) is 0.916. The molecule has 1 amide bonds. The van der Waals surface area contributed by atoms with Crippen molar-refractivity contribution in [2.45, 2.75) is 19.4 Å². The predicted octanol–water partition coefficient (Wildman–Crippen LogP) is 2.95. The lowest BCUT2D eigenvalue weighted by atomic mass is 10.1. The van der Waals surface area contributed by atoms with E-state index in [0.29, 0.717) is 24.9 Å². The van der Waals surface area contributed by atoms with Gasteiger partial charge in [0.05, 0.1) is 11.6 Å². The Morgan fingerprint density at radius 2 is 1.67 bits per heavy atom. The predicted molar refractivity (Wildman–Crippen MR) is 77.7 cm³/mol. The van der Waals surface area contributed by atoms with Crippen LogP contribution in [-0.2, 0) is 17.8 Å². The summed E-state index contributed by atoms with van der Waals surface area (Å²) in [4.78, 5) is 11.7. The van der Waals surface area contributed by atoms with Crippen molar-refractivity contribution in [2.75, 3.05) is 0 Å². The average molecular weight is 282 g/mol. The fourth-order valence-electron chi connectivity index (χ4n) is 1.90. The monoisotopic (exact) mass is 282 g/mol. The molecule has 0 saturated heterocycles. The number of halogens is 1. The van der Waals surface area contributed by atoms with Crippen molar-refractivity contribution >= 4 is 5.91 Å². The van der Waals surface area contributed by atoms with Gasteiger partial charge in [-0.3, -0.25) is 4.79 Å². The summed E-state index contributed by atoms with van der Waals surface area (Å²) in [5.41, 5.74) is 2.48. The van der Waals surface area contributed by atoms with Gasteiger partial charge in [0.25, 0.3) is 0 Å². The molecule has 0 unspecified atom stereocenters. The molecule has 0 heterocycles. The standard InChI is InChI=1S/C17H15FN2O/c18-16-8-5-13(6-9-16)7-10-17(21)20-12-15-3-1-14(11-19)2-4-15/h1-6,8-9H,7,10,12H2,(H,20,21). The Labute approximate surface area is 123 Å². The van der Waals surface area contributed by atoms with Gasteiger partial charge in [-0.05, 0) is 41.8 Å². The number of nitrogens with one attached hydrogen (secondary N) is 1. The Morgan fingerprint density at radius 1 is 1.05 bits per heavy atom. The van der Waals surface area contributed by atoms with Crippen LogP contribution in [0.5, 0.6) is 0 Å². The molecule has 0 spiro atoms. The van der Waals surface area contributed by atoms with Crippen LogP contribution in [0.1, 0.15) is 23.1 Å². The van der Waals surface area contributed by atoms with Gasteiger partial charge >= 0.3 is 0 Å². The molecular weight excluding hydrogens is 267 g/mol. The lowest BCUT2D eigenvalue weighted by Crippen LogP contribution is -2.22. The van der Waals surface area contributed by atoms with Gasteiger partial charge in [0.2, 0.25) is 5.91 Å². The zero-order valence-corrected chi connectivity index (χ0v) is 11.5. The lowest BCUT2D eigenvalue weighted by molar-refractivity contribution is -0.121. The maximum Gasteiger partial charge on any atom is 0.220 e. The number of hydrogen-bond acceptors (Lipinski definition) is 2. The number of amides is 1. The van der Waals surface area contributed by atoms with Crippen LogP contribution < -0.4 is 5.32 Å². The average Bonchev–Trinajstić information content (AvgIpc) is 2.53. The summed E-state index contributed by atoms with van der Waals surface area (Å²) >= 11 is 0. The fraction of sp³-hybridized carbons (Fsp3) is 0.176. The normalized spacial score (nSPS) is 9.90. The third-order valence-electron chi connectivity index (χ3n) is 3.13. The number of carbonyl (C=O) groups is 1. The van der Waals surface area contributed by atoms with E-state index in [0.717, 1.165) is 11.1 Å². The molecule has 106 valence electrons. The first-order chi connectivity index (χ1) is 10.2. The summed E-state index contributed by atoms with van der Waals surface area (Å²) in [5.74, 6) is -0.326. The summed E-state index contributed by atoms with van der Waals surface area (Å²) in [7, 11) is 0. The number of nitrogens with zero attached hydrogens (tertiary/aromatic N) is 1. The van der Waals surface area contributed by atoms with Crippen molar-refractivity contribution in [2.24, 2.45) is 0 Å². The first-order valence-electron chi connectivity index (χ1n) is 6.67. The minimum Gasteiger partial charge on any atom is -0.352 e. The molecular formula is C17H15FN2O. The molecule has 0 saturated carbocycles. The Kier molecular flexibility index (Phi) is 5.05. The number of aryl methyl sites for hydroxylation is 1. The van der Waals surface area contributed by atoms with Crippen molar-refractivity contribution in [3.8, 4) is 6.07 Å². The topological polar surface area (TPSA) is 52.9 Å². The van der Waals surface area contributed by atoms with E-state index in [-0.39, 0.29) is 11.7 Å². The van der Waals surface area contributed by atoms with E-state index in [2.05, 4.69) is 5.32 Å². The van der Waals surface area contributed by atoms with Gasteiger partial charge in [0, 0.05) is 13.0 Å². The van der Waals surface area contributed by atoms with Crippen LogP contribution in [0.15, 0.2) is 48.5 Å². The Bertz CT molecular complexity index is 642. The maximum absolute atomic E-state index is 12.7. The van der Waals surface area contributed by atoms with Crippen LogP contribution in [-0.4, -0.2) is 5.91 Å². The van der Waals surface area contributed by atoms with Gasteiger partial charge in [0.1, 0.15) is 5.82 Å². The number of nitriles is 1. The highest BCUT2D eigenvalue weighted by molar-refractivity contribution is 5.76. The van der Waals surface area contributed by atoms with Crippen LogP contribution in [0.2, 0.25) is 0 Å². The van der Waals surface area contributed by atoms with Gasteiger partial charge in [-0.2, -0.15) is 5.26 Å². The number of carbonyl (C=O) groups excluding carboxylic acids is 1. The Morgan fingerprint density at radius 3 is 2.29 bits per heavy atom. The van der Waals surface area contributed by atoms with E-state index >= 15 is 0 Å². The van der Waals surface area contributed by atoms with E-state index < -0.39 is 0 Å². The molecule has 2 rings (SSSR count). The van der Waals surface area contributed by atoms with Gasteiger partial charge in [-0.15, -0.1) is 0 Å². The van der Waals surface area contributed by atoms with Crippen LogP contribution in [0, 0.1) is 17.1 Å². The molecule has 0 aromatic heterocycles. The SMILES string of the molecule is N#Cc1ccc(CNC(=O)CCc2ccc(F)cc2)cc1. The highest BCUT2D eigenvalue weighted by Gasteiger charge is 2.03. The lowest BCUT2D eigenvalue weighted by Gasteiger charge is -2.06. The number of rotatable bonds is 5. The van der Waals surface area contributed by atoms with E-state index in [1.807, 2.05) is 18.2 Å². The summed E-state index contributed by atoms with van der Waals surface area (Å²) < 4.78 is 12.7. The van der Waals surface area contributed by atoms with Crippen molar-refractivity contribution in [3.05, 3.63) is 71.0 Å². The van der Waals surface area contributed by atoms with Crippen molar-refractivity contribution < 1.29 is 9.18 Å². The Hall–Kier alpha value is -2.67. The van der Waals surface area contributed by atoms with Crippen molar-refractivity contribution in [1.29, 1.82) is 5.26 Å². The molecule has 0 aliphatic heterocycles. The molecule has 4 heteroatoms. The first-order valence-corrected chi connectivity index (χ1v) is 6.67.